The van der Waals surface area contributed by atoms with Crippen LogP contribution in [0.1, 0.15) is 31.9 Å². The molecule has 0 aliphatic heterocycles. The van der Waals surface area contributed by atoms with Crippen molar-refractivity contribution in [2.45, 2.75) is 45.0 Å². The third kappa shape index (κ3) is 6.81. The number of carboxylic acids is 1. The largest absolute Gasteiger partial charge is 0.480 e. The van der Waals surface area contributed by atoms with E-state index in [9.17, 15) is 27.9 Å². The van der Waals surface area contributed by atoms with Crippen LogP contribution >= 0.6 is 0 Å². The molecule has 0 fully saturated rings. The molecule has 0 heterocycles. The van der Waals surface area contributed by atoms with Crippen molar-refractivity contribution in [2.75, 3.05) is 0 Å². The normalized spacial score (nSPS) is 12.9. The summed E-state index contributed by atoms with van der Waals surface area (Å²) >= 11 is 0. The molecule has 2 aromatic rings. The molecule has 0 spiro atoms. The quantitative estimate of drug-likeness (QED) is 0.737. The summed E-state index contributed by atoms with van der Waals surface area (Å²) in [6.45, 7) is 5.01. The van der Waals surface area contributed by atoms with Crippen LogP contribution in [0.2, 0.25) is 0 Å². The van der Waals surface area contributed by atoms with Gasteiger partial charge in [-0.3, -0.25) is 0 Å². The molecule has 1 unspecified atom stereocenters. The molecule has 0 aliphatic carbocycles. The van der Waals surface area contributed by atoms with Crippen LogP contribution in [0.15, 0.2) is 48.5 Å². The van der Waals surface area contributed by atoms with E-state index >= 15 is 0 Å². The number of carbonyl (C=O) groups excluding carboxylic acids is 1. The van der Waals surface area contributed by atoms with Gasteiger partial charge < -0.3 is 15.2 Å². The highest BCUT2D eigenvalue weighted by Crippen LogP contribution is 2.31. The zero-order chi connectivity index (χ0) is 21.8. The minimum atomic E-state index is -4.39. The maximum atomic E-state index is 12.7. The zero-order valence-corrected chi connectivity index (χ0v) is 16.2. The van der Waals surface area contributed by atoms with Gasteiger partial charge in [-0.2, -0.15) is 13.2 Å². The lowest BCUT2D eigenvalue weighted by Gasteiger charge is -2.22. The third-order valence-corrected chi connectivity index (χ3v) is 3.93. The molecule has 1 amide bonds. The minimum Gasteiger partial charge on any atom is -0.480 e. The van der Waals surface area contributed by atoms with E-state index < -0.39 is 35.4 Å². The van der Waals surface area contributed by atoms with Crippen LogP contribution in [0.4, 0.5) is 18.0 Å². The summed E-state index contributed by atoms with van der Waals surface area (Å²) in [6, 6.07) is 10.3. The fourth-order valence-electron chi connectivity index (χ4n) is 2.57. The number of ether oxygens (including phenoxy) is 1. The van der Waals surface area contributed by atoms with Crippen LogP contribution in [-0.2, 0) is 22.1 Å². The van der Waals surface area contributed by atoms with Gasteiger partial charge in [0.05, 0.1) is 5.56 Å². The van der Waals surface area contributed by atoms with Crippen molar-refractivity contribution < 1.29 is 32.6 Å². The first-order valence-electron chi connectivity index (χ1n) is 8.84. The van der Waals surface area contributed by atoms with Gasteiger partial charge in [0.2, 0.25) is 0 Å². The number of alkyl halides is 3. The molecular weight excluding hydrogens is 387 g/mol. The number of halogens is 3. The lowest BCUT2D eigenvalue weighted by molar-refractivity contribution is -0.139. The fourth-order valence-corrected chi connectivity index (χ4v) is 2.57. The van der Waals surface area contributed by atoms with Crippen molar-refractivity contribution in [3.63, 3.8) is 0 Å². The average molecular weight is 409 g/mol. The second kappa shape index (κ2) is 8.55. The maximum absolute atomic E-state index is 12.7. The molecule has 0 aromatic heterocycles. The van der Waals surface area contributed by atoms with Crippen molar-refractivity contribution in [1.82, 2.24) is 5.32 Å². The number of rotatable bonds is 5. The first-order valence-corrected chi connectivity index (χ1v) is 8.84. The molecule has 5 nitrogen and oxygen atoms in total. The zero-order valence-electron chi connectivity index (χ0n) is 16.2. The molecule has 8 heteroatoms. The van der Waals surface area contributed by atoms with E-state index in [1.54, 1.807) is 45.0 Å². The molecular formula is C21H22F3NO4. The van der Waals surface area contributed by atoms with Crippen LogP contribution < -0.4 is 5.32 Å². The second-order valence-corrected chi connectivity index (χ2v) is 7.51. The number of hydrogen-bond donors (Lipinski definition) is 2. The average Bonchev–Trinajstić information content (AvgIpc) is 2.59. The van der Waals surface area contributed by atoms with Gasteiger partial charge in [-0.1, -0.05) is 36.4 Å². The highest BCUT2D eigenvalue weighted by molar-refractivity contribution is 5.80. The Kier molecular flexibility index (Phi) is 6.56. The van der Waals surface area contributed by atoms with Crippen LogP contribution in [-0.4, -0.2) is 28.8 Å². The molecule has 0 radical (unpaired) electrons. The molecule has 1 atom stereocenters. The summed E-state index contributed by atoms with van der Waals surface area (Å²) in [5, 5.41) is 11.7. The van der Waals surface area contributed by atoms with Crippen molar-refractivity contribution in [3.05, 3.63) is 59.7 Å². The van der Waals surface area contributed by atoms with Crippen molar-refractivity contribution in [3.8, 4) is 11.1 Å². The van der Waals surface area contributed by atoms with E-state index in [1.165, 1.54) is 12.1 Å². The van der Waals surface area contributed by atoms with Crippen LogP contribution in [0.5, 0.6) is 0 Å². The lowest BCUT2D eigenvalue weighted by Crippen LogP contribution is -2.44. The number of hydrogen-bond acceptors (Lipinski definition) is 3. The van der Waals surface area contributed by atoms with Gasteiger partial charge in [0.25, 0.3) is 0 Å². The van der Waals surface area contributed by atoms with Gasteiger partial charge in [-0.15, -0.1) is 0 Å². The van der Waals surface area contributed by atoms with Crippen LogP contribution in [0.25, 0.3) is 11.1 Å². The number of nitrogens with one attached hydrogen (secondary N) is 1. The topological polar surface area (TPSA) is 75.6 Å². The fraction of sp³-hybridized carbons (Fsp3) is 0.333. The van der Waals surface area contributed by atoms with Gasteiger partial charge in [-0.25, -0.2) is 9.59 Å². The first kappa shape index (κ1) is 22.3. The third-order valence-electron chi connectivity index (χ3n) is 3.93. The Morgan fingerprint density at radius 1 is 0.966 bits per heavy atom. The number of aliphatic carboxylic acids is 1. The van der Waals surface area contributed by atoms with Gasteiger partial charge in [0, 0.05) is 6.42 Å². The van der Waals surface area contributed by atoms with Gasteiger partial charge >= 0.3 is 18.2 Å². The summed E-state index contributed by atoms with van der Waals surface area (Å²) in [7, 11) is 0. The Bertz CT molecular complexity index is 853. The summed E-state index contributed by atoms with van der Waals surface area (Å²) < 4.78 is 43.0. The number of carboxylic acid groups (broad SMARTS) is 1. The molecule has 2 N–H and O–H groups in total. The first-order chi connectivity index (χ1) is 13.3. The predicted octanol–water partition coefficient (Wildman–Crippen LogP) is 4.89. The number of carbonyl (C=O) groups is 2. The number of alkyl carbamates (subject to hydrolysis) is 1. The molecule has 29 heavy (non-hydrogen) atoms. The van der Waals surface area contributed by atoms with Crippen molar-refractivity contribution in [2.24, 2.45) is 0 Å². The Morgan fingerprint density at radius 2 is 1.45 bits per heavy atom. The molecule has 0 saturated heterocycles. The second-order valence-electron chi connectivity index (χ2n) is 7.51. The Balaban J connectivity index is 2.08. The molecule has 0 bridgehead atoms. The molecule has 2 aromatic carbocycles. The van der Waals surface area contributed by atoms with E-state index in [2.05, 4.69) is 5.32 Å². The number of benzene rings is 2. The van der Waals surface area contributed by atoms with E-state index in [0.29, 0.717) is 16.7 Å². The lowest BCUT2D eigenvalue weighted by atomic mass is 10.00. The SMILES string of the molecule is CC(C)(C)OC(=O)NC(Cc1ccc(-c2ccc(C(F)(F)F)cc2)cc1)C(=O)O. The van der Waals surface area contributed by atoms with Gasteiger partial charge in [0.15, 0.2) is 0 Å². The van der Waals surface area contributed by atoms with Gasteiger partial charge in [0.1, 0.15) is 11.6 Å². The predicted molar refractivity (Wildman–Crippen MR) is 101 cm³/mol. The Labute approximate surface area is 166 Å². The Morgan fingerprint density at radius 3 is 1.86 bits per heavy atom. The van der Waals surface area contributed by atoms with Crippen LogP contribution in [0.3, 0.4) is 0 Å². The summed E-state index contributed by atoms with van der Waals surface area (Å²) in [5.41, 5.74) is 0.455. The molecule has 2 rings (SSSR count). The standard InChI is InChI=1S/C21H22F3NO4/c1-20(2,3)29-19(28)25-17(18(26)27)12-13-4-6-14(7-5-13)15-8-10-16(11-9-15)21(22,23)24/h4-11,17H,12H2,1-3H3,(H,25,28)(H,26,27). The van der Waals surface area contributed by atoms with E-state index in [-0.39, 0.29) is 6.42 Å². The smallest absolute Gasteiger partial charge is 0.416 e. The number of amides is 1. The monoisotopic (exact) mass is 409 g/mol. The van der Waals surface area contributed by atoms with E-state index in [4.69, 9.17) is 4.74 Å². The molecule has 0 saturated carbocycles. The Hall–Kier alpha value is -3.03. The highest BCUT2D eigenvalue weighted by Gasteiger charge is 2.30. The maximum Gasteiger partial charge on any atom is 0.416 e. The summed E-state index contributed by atoms with van der Waals surface area (Å²) in [6.07, 6.45) is -5.19. The molecule has 0 aliphatic rings. The summed E-state index contributed by atoms with van der Waals surface area (Å²) in [4.78, 5) is 23.3. The molecule has 156 valence electrons. The van der Waals surface area contributed by atoms with Crippen molar-refractivity contribution in [1.29, 1.82) is 0 Å². The van der Waals surface area contributed by atoms with Gasteiger partial charge in [-0.05, 0) is 49.6 Å². The minimum absolute atomic E-state index is 0.0296. The van der Waals surface area contributed by atoms with E-state index in [1.807, 2.05) is 0 Å². The summed E-state index contributed by atoms with van der Waals surface area (Å²) in [5.74, 6) is -1.21. The van der Waals surface area contributed by atoms with Crippen molar-refractivity contribution >= 4 is 12.1 Å². The van der Waals surface area contributed by atoms with Crippen LogP contribution in [0, 0.1) is 0 Å². The highest BCUT2D eigenvalue weighted by atomic mass is 19.4. The van der Waals surface area contributed by atoms with E-state index in [0.717, 1.165) is 12.1 Å².